The van der Waals surface area contributed by atoms with Crippen LogP contribution in [-0.2, 0) is 10.0 Å². The Bertz CT molecular complexity index is 1970. The fourth-order valence-electron chi connectivity index (χ4n) is 4.46. The highest BCUT2D eigenvalue weighted by atomic mass is 32.2. The van der Waals surface area contributed by atoms with Crippen LogP contribution in [0.3, 0.4) is 0 Å². The molecule has 0 unspecified atom stereocenters. The van der Waals surface area contributed by atoms with Crippen molar-refractivity contribution in [1.82, 2.24) is 15.2 Å². The number of anilines is 1. The Morgan fingerprint density at radius 3 is 1.95 bits per heavy atom. The van der Waals surface area contributed by atoms with Crippen LogP contribution < -0.4 is 4.72 Å². The number of phenolic OH excluding ortho intramolecular Hbond substituents is 1. The highest BCUT2D eigenvalue weighted by Gasteiger charge is 2.20. The molecular formula is C32H24N4O3S2. The molecule has 0 spiro atoms. The summed E-state index contributed by atoms with van der Waals surface area (Å²) in [6, 6.07) is 34.7. The minimum absolute atomic E-state index is 0.000816. The number of sulfonamides is 1. The molecule has 6 aromatic rings. The number of aromatic nitrogens is 3. The third-order valence-corrected chi connectivity index (χ3v) is 8.79. The van der Waals surface area contributed by atoms with Crippen LogP contribution in [0.2, 0.25) is 0 Å². The number of nitrogens with one attached hydrogen (secondary N) is 1. The molecule has 0 radical (unpaired) electrons. The average molecular weight is 577 g/mol. The van der Waals surface area contributed by atoms with E-state index in [1.807, 2.05) is 67.6 Å². The molecule has 0 saturated heterocycles. The molecule has 0 fully saturated rings. The van der Waals surface area contributed by atoms with Crippen LogP contribution in [-0.4, -0.2) is 28.7 Å². The second kappa shape index (κ2) is 11.0. The third kappa shape index (κ3) is 5.50. The second-order valence-corrected chi connectivity index (χ2v) is 12.1. The van der Waals surface area contributed by atoms with Crippen LogP contribution in [0.1, 0.15) is 5.56 Å². The minimum atomic E-state index is -3.89. The standard InChI is InChI=1S/C32H24N4O3S2/c1-21-16-18-24(19-17-21)41(38,39)36-27-20-28(31(37)26-15-9-8-14-25(26)27)40-32-33-29(22-10-4-2-5-11-22)30(34-35-32)23-12-6-3-7-13-23/h2-20,36-37H,1H3. The fraction of sp³-hybridized carbons (Fsp3) is 0.0312. The van der Waals surface area contributed by atoms with Gasteiger partial charge in [0.05, 0.1) is 15.5 Å². The molecule has 41 heavy (non-hydrogen) atoms. The molecule has 2 N–H and O–H groups in total. The maximum atomic E-state index is 13.3. The molecule has 1 heterocycles. The van der Waals surface area contributed by atoms with Crippen LogP contribution in [0.15, 0.2) is 130 Å². The predicted octanol–water partition coefficient (Wildman–Crippen LogP) is 7.32. The van der Waals surface area contributed by atoms with Crippen LogP contribution in [0.4, 0.5) is 5.69 Å². The van der Waals surface area contributed by atoms with E-state index in [4.69, 9.17) is 4.98 Å². The Balaban J connectivity index is 1.43. The van der Waals surface area contributed by atoms with Gasteiger partial charge in [0.2, 0.25) is 5.16 Å². The SMILES string of the molecule is Cc1ccc(S(=O)(=O)Nc2cc(Sc3nnc(-c4ccccc4)c(-c4ccccc4)n3)c(O)c3ccccc23)cc1. The van der Waals surface area contributed by atoms with Crippen molar-refractivity contribution in [1.29, 1.82) is 0 Å². The normalized spacial score (nSPS) is 11.4. The average Bonchev–Trinajstić information content (AvgIpc) is 3.00. The van der Waals surface area contributed by atoms with E-state index >= 15 is 0 Å². The third-order valence-electron chi connectivity index (χ3n) is 6.52. The molecule has 0 aliphatic heterocycles. The maximum Gasteiger partial charge on any atom is 0.261 e. The zero-order valence-corrected chi connectivity index (χ0v) is 23.5. The number of hydrogen-bond acceptors (Lipinski definition) is 7. The Labute approximate surface area is 242 Å². The lowest BCUT2D eigenvalue weighted by molar-refractivity contribution is 0.469. The molecule has 1 aromatic heterocycles. The van der Waals surface area contributed by atoms with Gasteiger partial charge in [0.25, 0.3) is 10.0 Å². The summed E-state index contributed by atoms with van der Waals surface area (Å²) in [5.74, 6) is 0.000816. The Morgan fingerprint density at radius 2 is 1.29 bits per heavy atom. The van der Waals surface area contributed by atoms with Crippen LogP contribution in [0.25, 0.3) is 33.3 Å². The Hall–Kier alpha value is -4.73. The van der Waals surface area contributed by atoms with Crippen molar-refractivity contribution in [2.45, 2.75) is 21.9 Å². The minimum Gasteiger partial charge on any atom is -0.506 e. The maximum absolute atomic E-state index is 13.3. The van der Waals surface area contributed by atoms with Crippen molar-refractivity contribution in [3.8, 4) is 28.3 Å². The number of rotatable bonds is 7. The Morgan fingerprint density at radius 1 is 0.707 bits per heavy atom. The van der Waals surface area contributed by atoms with Gasteiger partial charge >= 0.3 is 0 Å². The lowest BCUT2D eigenvalue weighted by Gasteiger charge is -2.15. The van der Waals surface area contributed by atoms with Crippen molar-refractivity contribution in [2.75, 3.05) is 4.72 Å². The topological polar surface area (TPSA) is 105 Å². The van der Waals surface area contributed by atoms with E-state index in [0.29, 0.717) is 37.9 Å². The number of benzene rings is 5. The van der Waals surface area contributed by atoms with Crippen molar-refractivity contribution >= 4 is 38.2 Å². The first-order valence-electron chi connectivity index (χ1n) is 12.8. The molecule has 202 valence electrons. The van der Waals surface area contributed by atoms with Gasteiger partial charge in [-0.05, 0) is 36.9 Å². The van der Waals surface area contributed by atoms with Gasteiger partial charge in [0, 0.05) is 21.9 Å². The molecule has 5 aromatic carbocycles. The van der Waals surface area contributed by atoms with Crippen LogP contribution in [0.5, 0.6) is 5.75 Å². The van der Waals surface area contributed by atoms with E-state index in [2.05, 4.69) is 14.9 Å². The zero-order valence-electron chi connectivity index (χ0n) is 21.9. The van der Waals surface area contributed by atoms with Gasteiger partial charge in [-0.2, -0.15) is 0 Å². The number of nitrogens with zero attached hydrogens (tertiary/aromatic N) is 3. The molecule has 6 rings (SSSR count). The summed E-state index contributed by atoms with van der Waals surface area (Å²) in [6.45, 7) is 1.90. The summed E-state index contributed by atoms with van der Waals surface area (Å²) in [6.07, 6.45) is 0. The highest BCUT2D eigenvalue weighted by Crippen LogP contribution is 2.43. The quantitative estimate of drug-likeness (QED) is 0.192. The van der Waals surface area contributed by atoms with E-state index in [0.717, 1.165) is 28.5 Å². The summed E-state index contributed by atoms with van der Waals surface area (Å²) >= 11 is 1.11. The number of fused-ring (bicyclic) bond motifs is 1. The van der Waals surface area contributed by atoms with Crippen molar-refractivity contribution in [3.63, 3.8) is 0 Å². The fourth-order valence-corrected chi connectivity index (χ4v) is 6.33. The van der Waals surface area contributed by atoms with Crippen LogP contribution in [0, 0.1) is 6.92 Å². The van der Waals surface area contributed by atoms with Gasteiger partial charge in [0.1, 0.15) is 17.1 Å². The van der Waals surface area contributed by atoms with Crippen molar-refractivity contribution < 1.29 is 13.5 Å². The largest absolute Gasteiger partial charge is 0.506 e. The molecule has 9 heteroatoms. The van der Waals surface area contributed by atoms with E-state index < -0.39 is 10.0 Å². The summed E-state index contributed by atoms with van der Waals surface area (Å²) in [5, 5.41) is 21.5. The number of hydrogen-bond donors (Lipinski definition) is 2. The molecule has 7 nitrogen and oxygen atoms in total. The first-order chi connectivity index (χ1) is 19.9. The summed E-state index contributed by atoms with van der Waals surface area (Å²) < 4.78 is 29.2. The molecule has 0 amide bonds. The molecule has 0 bridgehead atoms. The van der Waals surface area contributed by atoms with Crippen molar-refractivity contribution in [2.24, 2.45) is 0 Å². The van der Waals surface area contributed by atoms with Gasteiger partial charge < -0.3 is 5.11 Å². The lowest BCUT2D eigenvalue weighted by Crippen LogP contribution is -2.13. The zero-order chi connectivity index (χ0) is 28.4. The predicted molar refractivity (Wildman–Crippen MR) is 162 cm³/mol. The number of aryl methyl sites for hydroxylation is 1. The number of phenols is 1. The van der Waals surface area contributed by atoms with E-state index in [9.17, 15) is 13.5 Å². The molecule has 0 aliphatic rings. The smallest absolute Gasteiger partial charge is 0.261 e. The van der Waals surface area contributed by atoms with E-state index in [1.54, 1.807) is 54.6 Å². The van der Waals surface area contributed by atoms with Gasteiger partial charge in [-0.25, -0.2) is 13.4 Å². The van der Waals surface area contributed by atoms with Gasteiger partial charge in [-0.1, -0.05) is 103 Å². The molecule has 0 saturated carbocycles. The van der Waals surface area contributed by atoms with Gasteiger partial charge in [0.15, 0.2) is 0 Å². The summed E-state index contributed by atoms with van der Waals surface area (Å²) in [4.78, 5) is 5.37. The molecule has 0 aliphatic carbocycles. The lowest BCUT2D eigenvalue weighted by atomic mass is 10.0. The monoisotopic (exact) mass is 576 g/mol. The first-order valence-corrected chi connectivity index (χ1v) is 15.1. The molecular weight excluding hydrogens is 553 g/mol. The first kappa shape index (κ1) is 26.5. The van der Waals surface area contributed by atoms with Crippen LogP contribution >= 0.6 is 11.8 Å². The number of aromatic hydroxyl groups is 1. The Kier molecular flexibility index (Phi) is 7.13. The highest BCUT2D eigenvalue weighted by molar-refractivity contribution is 7.99. The second-order valence-electron chi connectivity index (χ2n) is 9.36. The van der Waals surface area contributed by atoms with E-state index in [1.165, 1.54) is 0 Å². The summed E-state index contributed by atoms with van der Waals surface area (Å²) in [7, 11) is -3.89. The van der Waals surface area contributed by atoms with E-state index in [-0.39, 0.29) is 10.6 Å². The van der Waals surface area contributed by atoms with Crippen molar-refractivity contribution in [3.05, 3.63) is 121 Å². The van der Waals surface area contributed by atoms with Gasteiger partial charge in [-0.15, -0.1) is 10.2 Å². The molecule has 0 atom stereocenters. The summed E-state index contributed by atoms with van der Waals surface area (Å²) in [5.41, 5.74) is 4.32. The van der Waals surface area contributed by atoms with Gasteiger partial charge in [-0.3, -0.25) is 4.72 Å².